The maximum atomic E-state index is 6.36. The average Bonchev–Trinajstić information content (AvgIpc) is 2.82. The van der Waals surface area contributed by atoms with Gasteiger partial charge < -0.3 is 4.74 Å². The number of aliphatic imine (C=N–C) groups is 1. The average molecular weight is 307 g/mol. The zero-order valence-corrected chi connectivity index (χ0v) is 13.3. The summed E-state index contributed by atoms with van der Waals surface area (Å²) >= 11 is 1.71. The molecular weight excluding hydrogens is 290 g/mol. The summed E-state index contributed by atoms with van der Waals surface area (Å²) in [6, 6.07) is 18.7. The molecule has 2 aliphatic heterocycles. The van der Waals surface area contributed by atoms with Crippen molar-refractivity contribution in [3.8, 4) is 0 Å². The molecule has 0 saturated carbocycles. The number of thioether (sulfide) groups is 1. The van der Waals surface area contributed by atoms with Crippen LogP contribution in [0.15, 0.2) is 76.3 Å². The summed E-state index contributed by atoms with van der Waals surface area (Å²) < 4.78 is 6.36. The molecule has 0 bridgehead atoms. The van der Waals surface area contributed by atoms with Gasteiger partial charge in [-0.3, -0.25) is 0 Å². The minimum atomic E-state index is -0.407. The van der Waals surface area contributed by atoms with E-state index >= 15 is 0 Å². The molecule has 4 rings (SSSR count). The predicted molar refractivity (Wildman–Crippen MR) is 91.6 cm³/mol. The Kier molecular flexibility index (Phi) is 3.30. The Hall–Kier alpha value is -2.00. The van der Waals surface area contributed by atoms with Crippen molar-refractivity contribution in [3.63, 3.8) is 0 Å². The zero-order valence-electron chi connectivity index (χ0n) is 12.5. The van der Waals surface area contributed by atoms with Crippen LogP contribution in [0.4, 0.5) is 5.69 Å². The maximum absolute atomic E-state index is 6.36. The van der Waals surface area contributed by atoms with Gasteiger partial charge in [0.1, 0.15) is 5.04 Å². The Morgan fingerprint density at radius 2 is 1.82 bits per heavy atom. The number of hydrogen-bond acceptors (Lipinski definition) is 3. The van der Waals surface area contributed by atoms with E-state index in [4.69, 9.17) is 9.73 Å². The third kappa shape index (κ3) is 2.17. The second-order valence-corrected chi connectivity index (χ2v) is 6.69. The number of allylic oxidation sites excluding steroid dienone is 2. The molecule has 2 nitrogen and oxygen atoms in total. The van der Waals surface area contributed by atoms with Crippen LogP contribution in [0.3, 0.4) is 0 Å². The van der Waals surface area contributed by atoms with E-state index in [9.17, 15) is 0 Å². The molecule has 1 atom stereocenters. The van der Waals surface area contributed by atoms with Gasteiger partial charge in [-0.2, -0.15) is 0 Å². The van der Waals surface area contributed by atoms with Crippen LogP contribution in [0.1, 0.15) is 25.3 Å². The van der Waals surface area contributed by atoms with E-state index in [2.05, 4.69) is 48.5 Å². The lowest BCUT2D eigenvalue weighted by Gasteiger charge is -2.35. The van der Waals surface area contributed by atoms with Crippen molar-refractivity contribution in [2.45, 2.75) is 30.3 Å². The Bertz CT molecular complexity index is 766. The molecule has 0 aliphatic carbocycles. The number of benzene rings is 2. The summed E-state index contributed by atoms with van der Waals surface area (Å²) in [5.41, 5.74) is 1.83. The maximum Gasteiger partial charge on any atom is 0.184 e. The normalized spacial score (nSPS) is 22.8. The number of hydrogen-bond donors (Lipinski definition) is 0. The highest BCUT2D eigenvalue weighted by molar-refractivity contribution is 8.14. The third-order valence-electron chi connectivity index (χ3n) is 4.13. The van der Waals surface area contributed by atoms with Gasteiger partial charge in [0.2, 0.25) is 0 Å². The van der Waals surface area contributed by atoms with Crippen molar-refractivity contribution in [1.82, 2.24) is 0 Å². The molecule has 0 radical (unpaired) electrons. The minimum absolute atomic E-state index is 0.407. The topological polar surface area (TPSA) is 21.6 Å². The summed E-state index contributed by atoms with van der Waals surface area (Å²) in [6.07, 6.45) is 4.13. The Morgan fingerprint density at radius 1 is 1.05 bits per heavy atom. The van der Waals surface area contributed by atoms with Gasteiger partial charge in [0.25, 0.3) is 0 Å². The molecule has 2 heterocycles. The highest BCUT2D eigenvalue weighted by Gasteiger charge is 2.47. The summed E-state index contributed by atoms with van der Waals surface area (Å²) in [5.74, 6) is 0.990. The number of para-hydroxylation sites is 1. The molecule has 0 fully saturated rings. The molecule has 0 saturated heterocycles. The van der Waals surface area contributed by atoms with E-state index in [0.29, 0.717) is 0 Å². The van der Waals surface area contributed by atoms with Crippen LogP contribution in [-0.4, -0.2) is 5.04 Å². The Labute approximate surface area is 134 Å². The van der Waals surface area contributed by atoms with Crippen LogP contribution in [-0.2, 0) is 10.3 Å². The van der Waals surface area contributed by atoms with E-state index in [1.807, 2.05) is 19.1 Å². The lowest BCUT2D eigenvalue weighted by atomic mass is 9.89. The summed E-state index contributed by atoms with van der Waals surface area (Å²) in [4.78, 5) is 6.08. The third-order valence-corrected chi connectivity index (χ3v) is 5.25. The van der Waals surface area contributed by atoms with Crippen molar-refractivity contribution in [2.75, 3.05) is 0 Å². The molecule has 110 valence electrons. The second-order valence-electron chi connectivity index (χ2n) is 5.63. The highest BCUT2D eigenvalue weighted by Crippen LogP contribution is 2.50. The Balaban J connectivity index is 1.78. The van der Waals surface area contributed by atoms with Crippen molar-refractivity contribution in [2.24, 2.45) is 4.99 Å². The van der Waals surface area contributed by atoms with Gasteiger partial charge in [-0.05, 0) is 37.6 Å². The van der Waals surface area contributed by atoms with Crippen LogP contribution in [0, 0.1) is 0 Å². The monoisotopic (exact) mass is 307 g/mol. The summed E-state index contributed by atoms with van der Waals surface area (Å²) in [7, 11) is 0. The van der Waals surface area contributed by atoms with Gasteiger partial charge in [0.05, 0.1) is 11.4 Å². The van der Waals surface area contributed by atoms with Gasteiger partial charge in [0.15, 0.2) is 5.60 Å². The fourth-order valence-corrected chi connectivity index (χ4v) is 4.20. The summed E-state index contributed by atoms with van der Waals surface area (Å²) in [5, 5.41) is 1.05. The first-order valence-corrected chi connectivity index (χ1v) is 8.37. The molecule has 0 unspecified atom stereocenters. The predicted octanol–water partition coefficient (Wildman–Crippen LogP) is 5.43. The summed E-state index contributed by atoms with van der Waals surface area (Å²) in [6.45, 7) is 2.03. The lowest BCUT2D eigenvalue weighted by molar-refractivity contribution is 0.0476. The van der Waals surface area contributed by atoms with Crippen LogP contribution in [0.25, 0.3) is 0 Å². The van der Waals surface area contributed by atoms with Crippen LogP contribution in [0.5, 0.6) is 0 Å². The number of ether oxygens (including phenoxy) is 1. The molecule has 2 aromatic rings. The molecule has 0 N–H and O–H groups in total. The number of nitrogens with zero attached hydrogens (tertiary/aromatic N) is 1. The van der Waals surface area contributed by atoms with Gasteiger partial charge in [0, 0.05) is 16.9 Å². The van der Waals surface area contributed by atoms with E-state index in [1.54, 1.807) is 11.8 Å². The first kappa shape index (κ1) is 13.6. The van der Waals surface area contributed by atoms with Crippen LogP contribution < -0.4 is 0 Å². The molecule has 0 aromatic heterocycles. The van der Waals surface area contributed by atoms with Crippen molar-refractivity contribution in [3.05, 3.63) is 72.0 Å². The first-order valence-electron chi connectivity index (χ1n) is 7.55. The fourth-order valence-electron chi connectivity index (χ4n) is 3.12. The van der Waals surface area contributed by atoms with E-state index in [-0.39, 0.29) is 0 Å². The largest absolute Gasteiger partial charge is 0.480 e. The van der Waals surface area contributed by atoms with E-state index in [0.717, 1.165) is 29.3 Å². The van der Waals surface area contributed by atoms with Crippen molar-refractivity contribution < 1.29 is 4.74 Å². The van der Waals surface area contributed by atoms with Gasteiger partial charge in [-0.15, -0.1) is 0 Å². The van der Waals surface area contributed by atoms with E-state index in [1.165, 1.54) is 10.5 Å². The molecule has 22 heavy (non-hydrogen) atoms. The molecule has 2 aromatic carbocycles. The van der Waals surface area contributed by atoms with Crippen LogP contribution in [0.2, 0.25) is 0 Å². The van der Waals surface area contributed by atoms with Crippen molar-refractivity contribution in [1.29, 1.82) is 0 Å². The molecular formula is C19H17NOS. The van der Waals surface area contributed by atoms with Crippen molar-refractivity contribution >= 4 is 22.5 Å². The van der Waals surface area contributed by atoms with E-state index < -0.39 is 5.60 Å². The Morgan fingerprint density at radius 3 is 2.64 bits per heavy atom. The molecule has 3 heteroatoms. The zero-order chi connectivity index (χ0) is 15.0. The fraction of sp³-hybridized carbons (Fsp3) is 0.211. The van der Waals surface area contributed by atoms with Gasteiger partial charge >= 0.3 is 0 Å². The lowest BCUT2D eigenvalue weighted by Crippen LogP contribution is -2.36. The smallest absolute Gasteiger partial charge is 0.184 e. The minimum Gasteiger partial charge on any atom is -0.480 e. The molecule has 2 aliphatic rings. The highest BCUT2D eigenvalue weighted by atomic mass is 32.2. The molecule has 0 amide bonds. The van der Waals surface area contributed by atoms with Gasteiger partial charge in [-0.25, -0.2) is 4.99 Å². The number of fused-ring (bicyclic) bond motifs is 2. The number of rotatable bonds is 1. The SMILES string of the molecule is CC1=CCC[C@@]2(O1)C(Sc1ccccc1)=Nc1ccccc12. The van der Waals surface area contributed by atoms with Crippen LogP contribution >= 0.6 is 11.8 Å². The molecule has 1 spiro atoms. The second kappa shape index (κ2) is 5.33. The first-order chi connectivity index (χ1) is 10.8. The standard InChI is InChI=1S/C19H17NOS/c1-14-8-7-13-19(21-14)16-11-5-6-12-17(16)20-18(19)22-15-9-3-2-4-10-15/h2-6,8-12H,7,13H2,1H3/t19-/m0/s1. The van der Waals surface area contributed by atoms with Gasteiger partial charge in [-0.1, -0.05) is 48.2 Å². The quantitative estimate of drug-likeness (QED) is 0.700.